The van der Waals surface area contributed by atoms with Crippen LogP contribution in [-0.2, 0) is 6.18 Å². The highest BCUT2D eigenvalue weighted by Gasteiger charge is 2.35. The summed E-state index contributed by atoms with van der Waals surface area (Å²) in [4.78, 5) is 4.11. The first kappa shape index (κ1) is 15.0. The molecule has 1 aliphatic rings. The van der Waals surface area contributed by atoms with E-state index in [-0.39, 0.29) is 5.69 Å². The molecule has 2 N–H and O–H groups in total. The fraction of sp³-hybridized carbons (Fsp3) is 0.571. The maximum Gasteiger partial charge on any atom is 0.418 e. The van der Waals surface area contributed by atoms with Gasteiger partial charge in [-0.3, -0.25) is 0 Å². The summed E-state index contributed by atoms with van der Waals surface area (Å²) in [5.41, 5.74) is 5.04. The van der Waals surface area contributed by atoms with Crippen molar-refractivity contribution in [1.82, 2.24) is 4.90 Å². The predicted octanol–water partition coefficient (Wildman–Crippen LogP) is 2.67. The van der Waals surface area contributed by atoms with Crippen molar-refractivity contribution >= 4 is 11.4 Å². The molecule has 112 valence electrons. The molecule has 2 rings (SSSR count). The first-order valence-electron chi connectivity index (χ1n) is 6.58. The van der Waals surface area contributed by atoms with Gasteiger partial charge in [0.1, 0.15) is 0 Å². The highest BCUT2D eigenvalue weighted by atomic mass is 19.4. The molecule has 0 amide bonds. The van der Waals surface area contributed by atoms with Crippen LogP contribution in [0.2, 0.25) is 0 Å². The lowest BCUT2D eigenvalue weighted by atomic mass is 10.1. The van der Waals surface area contributed by atoms with Crippen LogP contribution in [0.25, 0.3) is 0 Å². The molecule has 1 fully saturated rings. The van der Waals surface area contributed by atoms with E-state index in [0.29, 0.717) is 17.6 Å². The van der Waals surface area contributed by atoms with Gasteiger partial charge in [0.15, 0.2) is 0 Å². The van der Waals surface area contributed by atoms with Crippen LogP contribution < -0.4 is 10.6 Å². The van der Waals surface area contributed by atoms with Crippen LogP contribution in [0, 0.1) is 5.92 Å². The minimum Gasteiger partial charge on any atom is -0.398 e. The van der Waals surface area contributed by atoms with Crippen molar-refractivity contribution in [1.29, 1.82) is 0 Å². The molecule has 2 unspecified atom stereocenters. The Hall–Kier alpha value is -1.43. The lowest BCUT2D eigenvalue weighted by molar-refractivity contribution is -0.136. The second-order valence-corrected chi connectivity index (χ2v) is 5.68. The third kappa shape index (κ3) is 2.85. The highest BCUT2D eigenvalue weighted by Crippen LogP contribution is 2.37. The average molecular weight is 287 g/mol. The number of nitrogen functional groups attached to an aromatic ring is 1. The number of hydrogen-bond acceptors (Lipinski definition) is 3. The smallest absolute Gasteiger partial charge is 0.398 e. The molecule has 1 heterocycles. The van der Waals surface area contributed by atoms with Crippen molar-refractivity contribution in [3.63, 3.8) is 0 Å². The van der Waals surface area contributed by atoms with E-state index in [2.05, 4.69) is 11.8 Å². The zero-order valence-corrected chi connectivity index (χ0v) is 11.9. The van der Waals surface area contributed by atoms with Crippen molar-refractivity contribution in [2.75, 3.05) is 37.8 Å². The lowest BCUT2D eigenvalue weighted by Crippen LogP contribution is -2.34. The summed E-state index contributed by atoms with van der Waals surface area (Å²) in [5, 5.41) is 0. The molecule has 0 aliphatic carbocycles. The van der Waals surface area contributed by atoms with Gasteiger partial charge in [-0.15, -0.1) is 0 Å². The van der Waals surface area contributed by atoms with Crippen LogP contribution in [0.1, 0.15) is 12.5 Å². The van der Waals surface area contributed by atoms with Crippen molar-refractivity contribution < 1.29 is 13.2 Å². The molecular weight excluding hydrogens is 267 g/mol. The number of nitrogens with two attached hydrogens (primary N) is 1. The molecule has 6 heteroatoms. The van der Waals surface area contributed by atoms with Gasteiger partial charge in [-0.1, -0.05) is 6.92 Å². The normalized spacial score (nSPS) is 23.6. The summed E-state index contributed by atoms with van der Waals surface area (Å²) in [6.07, 6.45) is -4.41. The highest BCUT2D eigenvalue weighted by molar-refractivity contribution is 5.60. The van der Waals surface area contributed by atoms with Crippen LogP contribution in [0.3, 0.4) is 0 Å². The predicted molar refractivity (Wildman–Crippen MR) is 74.7 cm³/mol. The fourth-order valence-electron chi connectivity index (χ4n) is 2.82. The quantitative estimate of drug-likeness (QED) is 0.849. The molecule has 0 bridgehead atoms. The van der Waals surface area contributed by atoms with Crippen molar-refractivity contribution in [2.45, 2.75) is 19.1 Å². The van der Waals surface area contributed by atoms with E-state index in [0.717, 1.165) is 19.2 Å². The van der Waals surface area contributed by atoms with Gasteiger partial charge in [-0.25, -0.2) is 0 Å². The van der Waals surface area contributed by atoms with Crippen molar-refractivity contribution in [3.05, 3.63) is 23.8 Å². The second kappa shape index (κ2) is 5.16. The molecule has 0 saturated carbocycles. The number of halogens is 3. The van der Waals surface area contributed by atoms with E-state index in [4.69, 9.17) is 5.73 Å². The number of anilines is 2. The van der Waals surface area contributed by atoms with E-state index in [1.54, 1.807) is 6.07 Å². The number of alkyl halides is 3. The molecule has 0 radical (unpaired) electrons. The van der Waals surface area contributed by atoms with Gasteiger partial charge in [-0.2, -0.15) is 13.2 Å². The van der Waals surface area contributed by atoms with Gasteiger partial charge in [-0.05, 0) is 38.2 Å². The van der Waals surface area contributed by atoms with Gasteiger partial charge >= 0.3 is 6.18 Å². The molecule has 1 aromatic rings. The molecule has 0 aromatic heterocycles. The summed E-state index contributed by atoms with van der Waals surface area (Å²) < 4.78 is 38.7. The SMILES string of the molecule is CC1CN(c2ccc(N)c(C(F)(F)F)c2)CC1N(C)C. The third-order valence-corrected chi connectivity index (χ3v) is 3.94. The summed E-state index contributed by atoms with van der Waals surface area (Å²) in [6.45, 7) is 3.60. The van der Waals surface area contributed by atoms with Gasteiger partial charge in [0.05, 0.1) is 5.56 Å². The molecule has 0 spiro atoms. The molecule has 1 aromatic carbocycles. The zero-order chi connectivity index (χ0) is 15.1. The Morgan fingerprint density at radius 3 is 2.40 bits per heavy atom. The second-order valence-electron chi connectivity index (χ2n) is 5.68. The Balaban J connectivity index is 2.27. The minimum absolute atomic E-state index is 0.224. The average Bonchev–Trinajstić information content (AvgIpc) is 2.70. The van der Waals surface area contributed by atoms with E-state index >= 15 is 0 Å². The van der Waals surface area contributed by atoms with E-state index in [1.165, 1.54) is 6.07 Å². The molecule has 3 nitrogen and oxygen atoms in total. The van der Waals surface area contributed by atoms with Crippen LogP contribution in [0.15, 0.2) is 18.2 Å². The standard InChI is InChI=1S/C14H20F3N3/c1-9-7-20(8-13(9)19(2)3)10-4-5-12(18)11(6-10)14(15,16)17/h4-6,9,13H,7-8,18H2,1-3H3. The number of rotatable bonds is 2. The molecular formula is C14H20F3N3. The number of likely N-dealkylation sites (N-methyl/N-ethyl adjacent to an activating group) is 1. The number of benzene rings is 1. The van der Waals surface area contributed by atoms with Crippen molar-refractivity contribution in [2.24, 2.45) is 5.92 Å². The first-order valence-corrected chi connectivity index (χ1v) is 6.58. The van der Waals surface area contributed by atoms with Crippen LogP contribution >= 0.6 is 0 Å². The number of nitrogens with zero attached hydrogens (tertiary/aromatic N) is 2. The lowest BCUT2D eigenvalue weighted by Gasteiger charge is -2.23. The maximum absolute atomic E-state index is 12.9. The Kier molecular flexibility index (Phi) is 3.86. The van der Waals surface area contributed by atoms with Crippen molar-refractivity contribution in [3.8, 4) is 0 Å². The number of hydrogen-bond donors (Lipinski definition) is 1. The third-order valence-electron chi connectivity index (χ3n) is 3.94. The molecule has 1 saturated heterocycles. The van der Waals surface area contributed by atoms with Gasteiger partial charge in [0.2, 0.25) is 0 Å². The maximum atomic E-state index is 12.9. The summed E-state index contributed by atoms with van der Waals surface area (Å²) in [6, 6.07) is 4.50. The fourth-order valence-corrected chi connectivity index (χ4v) is 2.82. The van der Waals surface area contributed by atoms with E-state index in [9.17, 15) is 13.2 Å². The summed E-state index contributed by atoms with van der Waals surface area (Å²) >= 11 is 0. The minimum atomic E-state index is -4.41. The first-order chi connectivity index (χ1) is 9.20. The Morgan fingerprint density at radius 1 is 1.25 bits per heavy atom. The topological polar surface area (TPSA) is 32.5 Å². The summed E-state index contributed by atoms with van der Waals surface area (Å²) in [7, 11) is 3.99. The van der Waals surface area contributed by atoms with E-state index < -0.39 is 11.7 Å². The van der Waals surface area contributed by atoms with Gasteiger partial charge in [0, 0.05) is 30.5 Å². The van der Waals surface area contributed by atoms with Crippen LogP contribution in [0.4, 0.5) is 24.5 Å². The van der Waals surface area contributed by atoms with Crippen LogP contribution in [0.5, 0.6) is 0 Å². The summed E-state index contributed by atoms with van der Waals surface area (Å²) in [5.74, 6) is 0.414. The Morgan fingerprint density at radius 2 is 1.90 bits per heavy atom. The van der Waals surface area contributed by atoms with E-state index in [1.807, 2.05) is 19.0 Å². The van der Waals surface area contributed by atoms with Gasteiger partial charge < -0.3 is 15.5 Å². The molecule has 1 aliphatic heterocycles. The molecule has 2 atom stereocenters. The Labute approximate surface area is 117 Å². The largest absolute Gasteiger partial charge is 0.418 e. The molecule has 20 heavy (non-hydrogen) atoms. The van der Waals surface area contributed by atoms with Gasteiger partial charge in [0.25, 0.3) is 0 Å². The zero-order valence-electron chi connectivity index (χ0n) is 11.9. The Bertz CT molecular complexity index is 485. The van der Waals surface area contributed by atoms with Crippen LogP contribution in [-0.4, -0.2) is 38.1 Å². The monoisotopic (exact) mass is 287 g/mol.